The fourth-order valence-electron chi connectivity index (χ4n) is 3.08. The minimum Gasteiger partial charge on any atom is -0.481 e. The van der Waals surface area contributed by atoms with Crippen molar-refractivity contribution in [2.75, 3.05) is 0 Å². The van der Waals surface area contributed by atoms with Crippen molar-refractivity contribution in [3.8, 4) is 0 Å². The number of carboxylic acids is 1. The molecule has 19 heavy (non-hydrogen) atoms. The lowest BCUT2D eigenvalue weighted by Crippen LogP contribution is -2.31. The van der Waals surface area contributed by atoms with Crippen molar-refractivity contribution in [3.05, 3.63) is 34.9 Å². The fraction of sp³-hybridized carbons (Fsp3) is 0.562. The number of aryl methyl sites for hydroxylation is 2. The number of rotatable bonds is 5. The van der Waals surface area contributed by atoms with Crippen LogP contribution in [0.5, 0.6) is 0 Å². The molecule has 2 N–H and O–H groups in total. The number of fused-ring (bicyclic) bond motifs is 1. The molecular formula is C16H22O3. The van der Waals surface area contributed by atoms with Gasteiger partial charge in [-0.1, -0.05) is 32.0 Å². The molecule has 0 fully saturated rings. The standard InChI is InChI=1S/C16H22O3/c1-11(2)9-16(19,10-15(17)18)14-7-6-12-4-3-5-13(12)8-14/h6-8,11,19H,3-5,9-10H2,1-2H3,(H,17,18). The Morgan fingerprint density at radius 1 is 1.32 bits per heavy atom. The first-order valence-electron chi connectivity index (χ1n) is 6.97. The monoisotopic (exact) mass is 262 g/mol. The first kappa shape index (κ1) is 14.1. The number of aliphatic carboxylic acids is 1. The molecule has 1 aromatic carbocycles. The molecule has 3 nitrogen and oxygen atoms in total. The fourth-order valence-corrected chi connectivity index (χ4v) is 3.08. The zero-order valence-electron chi connectivity index (χ0n) is 11.6. The van der Waals surface area contributed by atoms with Crippen LogP contribution in [0.4, 0.5) is 0 Å². The number of carbonyl (C=O) groups is 1. The van der Waals surface area contributed by atoms with Gasteiger partial charge in [-0.15, -0.1) is 0 Å². The first-order chi connectivity index (χ1) is 8.90. The lowest BCUT2D eigenvalue weighted by molar-refractivity contribution is -0.143. The predicted molar refractivity (Wildman–Crippen MR) is 74.1 cm³/mol. The maximum absolute atomic E-state index is 11.0. The second-order valence-corrected chi connectivity index (χ2v) is 6.04. The van der Waals surface area contributed by atoms with Crippen molar-refractivity contribution in [2.45, 2.75) is 51.6 Å². The van der Waals surface area contributed by atoms with E-state index in [-0.39, 0.29) is 12.3 Å². The third kappa shape index (κ3) is 3.16. The van der Waals surface area contributed by atoms with E-state index in [1.165, 1.54) is 11.1 Å². The summed E-state index contributed by atoms with van der Waals surface area (Å²) >= 11 is 0. The lowest BCUT2D eigenvalue weighted by Gasteiger charge is -2.29. The van der Waals surface area contributed by atoms with E-state index in [0.29, 0.717) is 6.42 Å². The third-order valence-electron chi connectivity index (χ3n) is 3.83. The maximum atomic E-state index is 11.0. The summed E-state index contributed by atoms with van der Waals surface area (Å²) < 4.78 is 0. The minimum atomic E-state index is -1.25. The summed E-state index contributed by atoms with van der Waals surface area (Å²) in [6, 6.07) is 5.95. The SMILES string of the molecule is CC(C)CC(O)(CC(=O)O)c1ccc2c(c1)CCC2. The second-order valence-electron chi connectivity index (χ2n) is 6.04. The summed E-state index contributed by atoms with van der Waals surface area (Å²) in [5.41, 5.74) is 2.11. The molecule has 0 radical (unpaired) electrons. The van der Waals surface area contributed by atoms with E-state index in [1.807, 2.05) is 32.0 Å². The Bertz CT molecular complexity index is 479. The molecule has 3 heteroatoms. The van der Waals surface area contributed by atoms with E-state index in [0.717, 1.165) is 24.8 Å². The summed E-state index contributed by atoms with van der Waals surface area (Å²) in [6.45, 7) is 4.00. The van der Waals surface area contributed by atoms with E-state index in [4.69, 9.17) is 5.11 Å². The summed E-state index contributed by atoms with van der Waals surface area (Å²) in [4.78, 5) is 11.0. The van der Waals surface area contributed by atoms with Crippen molar-refractivity contribution >= 4 is 5.97 Å². The van der Waals surface area contributed by atoms with E-state index in [1.54, 1.807) is 0 Å². The molecule has 1 aromatic rings. The molecule has 0 saturated carbocycles. The van der Waals surface area contributed by atoms with Crippen molar-refractivity contribution in [1.82, 2.24) is 0 Å². The summed E-state index contributed by atoms with van der Waals surface area (Å²) in [7, 11) is 0. The van der Waals surface area contributed by atoms with E-state index in [9.17, 15) is 9.90 Å². The highest BCUT2D eigenvalue weighted by Crippen LogP contribution is 2.35. The van der Waals surface area contributed by atoms with Gasteiger partial charge < -0.3 is 10.2 Å². The molecule has 1 unspecified atom stereocenters. The zero-order chi connectivity index (χ0) is 14.0. The summed E-state index contributed by atoms with van der Waals surface area (Å²) in [6.07, 6.45) is 3.52. The predicted octanol–water partition coefficient (Wildman–Crippen LogP) is 2.88. The lowest BCUT2D eigenvalue weighted by atomic mass is 9.82. The Kier molecular flexibility index (Phi) is 3.95. The van der Waals surface area contributed by atoms with Crippen molar-refractivity contribution < 1.29 is 15.0 Å². The molecule has 1 aliphatic carbocycles. The van der Waals surface area contributed by atoms with Gasteiger partial charge in [0, 0.05) is 0 Å². The third-order valence-corrected chi connectivity index (χ3v) is 3.83. The van der Waals surface area contributed by atoms with Crippen molar-refractivity contribution in [2.24, 2.45) is 5.92 Å². The normalized spacial score (nSPS) is 17.3. The molecule has 0 bridgehead atoms. The van der Waals surface area contributed by atoms with Crippen LogP contribution in [0, 0.1) is 5.92 Å². The summed E-state index contributed by atoms with van der Waals surface area (Å²) in [5, 5.41) is 19.8. The molecular weight excluding hydrogens is 240 g/mol. The Morgan fingerprint density at radius 3 is 2.63 bits per heavy atom. The molecule has 1 aliphatic rings. The molecule has 0 spiro atoms. The number of benzene rings is 1. The number of carboxylic acid groups (broad SMARTS) is 1. The topological polar surface area (TPSA) is 57.5 Å². The van der Waals surface area contributed by atoms with Gasteiger partial charge in [-0.25, -0.2) is 0 Å². The quantitative estimate of drug-likeness (QED) is 0.858. The van der Waals surface area contributed by atoms with Crippen LogP contribution in [0.25, 0.3) is 0 Å². The van der Waals surface area contributed by atoms with Crippen molar-refractivity contribution in [3.63, 3.8) is 0 Å². The number of hydrogen-bond acceptors (Lipinski definition) is 2. The Hall–Kier alpha value is -1.35. The average Bonchev–Trinajstić information content (AvgIpc) is 2.73. The number of aliphatic hydroxyl groups is 1. The van der Waals surface area contributed by atoms with E-state index in [2.05, 4.69) is 0 Å². The van der Waals surface area contributed by atoms with Gasteiger partial charge >= 0.3 is 5.97 Å². The highest BCUT2D eigenvalue weighted by molar-refractivity contribution is 5.68. The van der Waals surface area contributed by atoms with Gasteiger partial charge in [-0.05, 0) is 48.3 Å². The van der Waals surface area contributed by atoms with Crippen LogP contribution in [0.1, 0.15) is 49.8 Å². The largest absolute Gasteiger partial charge is 0.481 e. The Labute approximate surface area is 114 Å². The zero-order valence-corrected chi connectivity index (χ0v) is 11.6. The average molecular weight is 262 g/mol. The van der Waals surface area contributed by atoms with Gasteiger partial charge in [-0.2, -0.15) is 0 Å². The molecule has 104 valence electrons. The Balaban J connectivity index is 2.34. The molecule has 0 aromatic heterocycles. The van der Waals surface area contributed by atoms with Crippen LogP contribution < -0.4 is 0 Å². The van der Waals surface area contributed by atoms with Crippen LogP contribution >= 0.6 is 0 Å². The highest BCUT2D eigenvalue weighted by Gasteiger charge is 2.33. The smallest absolute Gasteiger partial charge is 0.306 e. The van der Waals surface area contributed by atoms with Gasteiger partial charge in [0.2, 0.25) is 0 Å². The van der Waals surface area contributed by atoms with Crippen LogP contribution in [0.3, 0.4) is 0 Å². The van der Waals surface area contributed by atoms with Crippen LogP contribution in [0.15, 0.2) is 18.2 Å². The first-order valence-corrected chi connectivity index (χ1v) is 6.97. The van der Waals surface area contributed by atoms with Gasteiger partial charge in [-0.3, -0.25) is 4.79 Å². The maximum Gasteiger partial charge on any atom is 0.306 e. The number of hydrogen-bond donors (Lipinski definition) is 2. The van der Waals surface area contributed by atoms with Gasteiger partial charge in [0.15, 0.2) is 0 Å². The van der Waals surface area contributed by atoms with Crippen molar-refractivity contribution in [1.29, 1.82) is 0 Å². The summed E-state index contributed by atoms with van der Waals surface area (Å²) in [5.74, 6) is -0.707. The molecule has 2 rings (SSSR count). The van der Waals surface area contributed by atoms with Gasteiger partial charge in [0.25, 0.3) is 0 Å². The minimum absolute atomic E-state index is 0.232. The molecule has 0 saturated heterocycles. The van der Waals surface area contributed by atoms with Crippen LogP contribution in [-0.4, -0.2) is 16.2 Å². The molecule has 0 amide bonds. The van der Waals surface area contributed by atoms with E-state index >= 15 is 0 Å². The van der Waals surface area contributed by atoms with E-state index < -0.39 is 11.6 Å². The highest BCUT2D eigenvalue weighted by atomic mass is 16.4. The molecule has 0 heterocycles. The van der Waals surface area contributed by atoms with Crippen LogP contribution in [0.2, 0.25) is 0 Å². The Morgan fingerprint density at radius 2 is 2.00 bits per heavy atom. The molecule has 0 aliphatic heterocycles. The van der Waals surface area contributed by atoms with Gasteiger partial charge in [0.05, 0.1) is 6.42 Å². The van der Waals surface area contributed by atoms with Gasteiger partial charge in [0.1, 0.15) is 5.60 Å². The van der Waals surface area contributed by atoms with Crippen LogP contribution in [-0.2, 0) is 23.2 Å². The second kappa shape index (κ2) is 5.33. The molecule has 1 atom stereocenters.